The molecule has 6 aromatic rings. The molecule has 59 heavy (non-hydrogen) atoms. The number of phenols is 1. The van der Waals surface area contributed by atoms with Crippen LogP contribution in [0.25, 0.3) is 0 Å². The predicted molar refractivity (Wildman–Crippen MR) is 217 cm³/mol. The van der Waals surface area contributed by atoms with Crippen molar-refractivity contribution in [2.45, 2.75) is 25.9 Å². The van der Waals surface area contributed by atoms with Gasteiger partial charge >= 0.3 is 17.9 Å². The molecule has 0 radical (unpaired) electrons. The lowest BCUT2D eigenvalue weighted by atomic mass is 9.78. The number of carboxylic acids is 2. The van der Waals surface area contributed by atoms with Crippen LogP contribution in [0.2, 0.25) is 0 Å². The molecule has 0 amide bonds. The third kappa shape index (κ3) is 12.1. The molecule has 12 nitrogen and oxygen atoms in total. The molecule has 300 valence electrons. The van der Waals surface area contributed by atoms with Crippen LogP contribution in [0.1, 0.15) is 61.6 Å². The van der Waals surface area contributed by atoms with Crippen LogP contribution in [0, 0.1) is 12.5 Å². The quantitative estimate of drug-likeness (QED) is 0.0213. The highest BCUT2D eigenvalue weighted by Gasteiger charge is 2.24. The van der Waals surface area contributed by atoms with Gasteiger partial charge in [0.1, 0.15) is 54.7 Å². The summed E-state index contributed by atoms with van der Waals surface area (Å²) < 4.78 is 21.6. The zero-order valence-electron chi connectivity index (χ0n) is 32.1. The van der Waals surface area contributed by atoms with E-state index in [1.54, 1.807) is 60.7 Å². The number of benzene rings is 6. The van der Waals surface area contributed by atoms with Gasteiger partial charge in [0, 0.05) is 5.41 Å². The molecule has 0 aliphatic rings. The third-order valence-corrected chi connectivity index (χ3v) is 8.78. The number of rotatable bonds is 16. The molecule has 0 aliphatic carbocycles. The number of aromatic hydroxyl groups is 1. The Kier molecular flexibility index (Phi) is 14.7. The van der Waals surface area contributed by atoms with Gasteiger partial charge < -0.3 is 39.2 Å². The van der Waals surface area contributed by atoms with Crippen molar-refractivity contribution in [1.82, 2.24) is 0 Å². The summed E-state index contributed by atoms with van der Waals surface area (Å²) in [4.78, 5) is 47.3. The van der Waals surface area contributed by atoms with E-state index in [-0.39, 0.29) is 41.4 Å². The summed E-state index contributed by atoms with van der Waals surface area (Å²) in [6.07, 6.45) is 7.06. The lowest BCUT2D eigenvalue weighted by molar-refractivity contribution is -0.217. The first kappa shape index (κ1) is 42.4. The van der Waals surface area contributed by atoms with E-state index in [0.29, 0.717) is 35.2 Å². The molecule has 0 aliphatic heterocycles. The molecule has 6 rings (SSSR count). The van der Waals surface area contributed by atoms with E-state index in [0.717, 1.165) is 17.2 Å². The Hall–Kier alpha value is -7.75. The highest BCUT2D eigenvalue weighted by molar-refractivity contribution is 6.03. The maximum atomic E-state index is 12.8. The Bertz CT molecular complexity index is 2370. The van der Waals surface area contributed by atoms with Crippen LogP contribution in [0.4, 0.5) is 0 Å². The van der Waals surface area contributed by atoms with Crippen molar-refractivity contribution in [3.63, 3.8) is 0 Å². The zero-order chi connectivity index (χ0) is 42.2. The molecule has 0 aromatic heterocycles. The highest BCUT2D eigenvalue weighted by atomic mass is 17.2. The van der Waals surface area contributed by atoms with Crippen molar-refractivity contribution in [2.24, 2.45) is 0 Å². The summed E-state index contributed by atoms with van der Waals surface area (Å²) in [7, 11) is 0. The number of ether oxygens (including phenoxy) is 4. The second kappa shape index (κ2) is 20.4. The smallest absolute Gasteiger partial charge is 0.344 e. The molecule has 6 aromatic carbocycles. The Labute approximate surface area is 340 Å². The number of carboxylic acid groups (broad SMARTS) is 2. The molecule has 0 heterocycles. The van der Waals surface area contributed by atoms with E-state index >= 15 is 0 Å². The largest absolute Gasteiger partial charge is 0.508 e. The fourth-order valence-electron chi connectivity index (χ4n) is 5.60. The molecular weight excluding hydrogens is 757 g/mol. The molecule has 0 saturated carbocycles. The van der Waals surface area contributed by atoms with Crippen LogP contribution in [0.15, 0.2) is 146 Å². The highest BCUT2D eigenvalue weighted by Crippen LogP contribution is 2.34. The van der Waals surface area contributed by atoms with E-state index in [2.05, 4.69) is 0 Å². The maximum Gasteiger partial charge on any atom is 0.344 e. The van der Waals surface area contributed by atoms with Crippen LogP contribution >= 0.6 is 0 Å². The van der Waals surface area contributed by atoms with Crippen molar-refractivity contribution in [3.05, 3.63) is 179 Å². The van der Waals surface area contributed by atoms with Crippen molar-refractivity contribution < 1.29 is 58.4 Å². The van der Waals surface area contributed by atoms with Gasteiger partial charge in [-0.2, -0.15) is 4.89 Å². The number of carbonyl (C=O) groups excluding carboxylic acids is 1. The molecule has 0 bridgehead atoms. The topological polar surface area (TPSA) is 167 Å². The van der Waals surface area contributed by atoms with E-state index < -0.39 is 23.3 Å². The minimum atomic E-state index is -1.33. The van der Waals surface area contributed by atoms with Crippen LogP contribution in [0.3, 0.4) is 0 Å². The van der Waals surface area contributed by atoms with Crippen LogP contribution in [-0.2, 0) is 16.9 Å². The van der Waals surface area contributed by atoms with Gasteiger partial charge in [0.15, 0.2) is 5.75 Å². The van der Waals surface area contributed by atoms with Gasteiger partial charge in [-0.3, -0.25) is 0 Å². The average Bonchev–Trinajstić information content (AvgIpc) is 3.24. The summed E-state index contributed by atoms with van der Waals surface area (Å²) in [5, 5.41) is 27.9. The average molecular weight is 797 g/mol. The van der Waals surface area contributed by atoms with Gasteiger partial charge in [-0.1, -0.05) is 87.0 Å². The summed E-state index contributed by atoms with van der Waals surface area (Å²) in [6.45, 7) is 4.46. The zero-order valence-corrected chi connectivity index (χ0v) is 32.1. The number of hydrogen-bond donors (Lipinski definition) is 3. The van der Waals surface area contributed by atoms with E-state index in [1.807, 2.05) is 80.6 Å². The first-order valence-corrected chi connectivity index (χ1v) is 18.1. The van der Waals surface area contributed by atoms with Gasteiger partial charge in [-0.05, 0) is 95.6 Å². The van der Waals surface area contributed by atoms with Crippen LogP contribution < -0.4 is 23.8 Å². The predicted octanol–water partition coefficient (Wildman–Crippen LogP) is 8.96. The Balaban J connectivity index is 0.000000854. The maximum absolute atomic E-state index is 12.8. The normalized spacial score (nSPS) is 10.5. The minimum absolute atomic E-state index is 0.0258. The number of terminal acetylenes is 1. The van der Waals surface area contributed by atoms with Crippen molar-refractivity contribution in [1.29, 1.82) is 0 Å². The Morgan fingerprint density at radius 3 is 1.68 bits per heavy atom. The summed E-state index contributed by atoms with van der Waals surface area (Å²) >= 11 is 0. The van der Waals surface area contributed by atoms with E-state index in [1.165, 1.54) is 18.2 Å². The lowest BCUT2D eigenvalue weighted by Crippen LogP contribution is -2.19. The van der Waals surface area contributed by atoms with Gasteiger partial charge in [-0.25, -0.2) is 14.4 Å². The van der Waals surface area contributed by atoms with Gasteiger partial charge in [0.05, 0.1) is 16.7 Å². The molecule has 0 fully saturated rings. The second-order valence-electron chi connectivity index (χ2n) is 13.1. The van der Waals surface area contributed by atoms with Gasteiger partial charge in [0.2, 0.25) is 0 Å². The van der Waals surface area contributed by atoms with Crippen molar-refractivity contribution in [3.8, 4) is 47.0 Å². The number of phenolic OH excluding ortho intramolecular Hbond substituents is 1. The van der Waals surface area contributed by atoms with Crippen molar-refractivity contribution >= 4 is 17.9 Å². The number of esters is 1. The van der Waals surface area contributed by atoms with E-state index in [9.17, 15) is 24.6 Å². The van der Waals surface area contributed by atoms with Gasteiger partial charge in [-0.15, -0.1) is 0 Å². The summed E-state index contributed by atoms with van der Waals surface area (Å²) in [5.74, 6) is -1.13. The van der Waals surface area contributed by atoms with Gasteiger partial charge in [0.25, 0.3) is 0 Å². The molecule has 0 atom stereocenters. The Morgan fingerprint density at radius 1 is 0.593 bits per heavy atom. The van der Waals surface area contributed by atoms with E-state index in [4.69, 9.17) is 40.3 Å². The summed E-state index contributed by atoms with van der Waals surface area (Å²) in [5.41, 5.74) is 1.36. The molecule has 3 N–H and O–H groups in total. The first-order chi connectivity index (χ1) is 28.4. The number of aromatic carboxylic acids is 2. The molecule has 0 unspecified atom stereocenters. The fourth-order valence-corrected chi connectivity index (χ4v) is 5.60. The Morgan fingerprint density at radius 2 is 1.12 bits per heavy atom. The number of carbonyl (C=O) groups is 3. The fraction of sp³-hybridized carbons (Fsp3) is 0.128. The van der Waals surface area contributed by atoms with Crippen LogP contribution in [-0.4, -0.2) is 46.4 Å². The van der Waals surface area contributed by atoms with Crippen molar-refractivity contribution in [2.75, 3.05) is 13.2 Å². The summed E-state index contributed by atoms with van der Waals surface area (Å²) in [6, 6.07) is 40.6. The number of hydrogen-bond acceptors (Lipinski definition) is 10. The molecular formula is C47H40O12. The minimum Gasteiger partial charge on any atom is -0.508 e. The molecule has 0 saturated heterocycles. The first-order valence-electron chi connectivity index (χ1n) is 18.1. The molecule has 12 heteroatoms. The molecule has 0 spiro atoms. The monoisotopic (exact) mass is 796 g/mol. The van der Waals surface area contributed by atoms with Crippen LogP contribution in [0.5, 0.6) is 34.5 Å². The standard InChI is InChI=1S/C41H34O11.C6H6O/c1-4-47-33-20-21-35(37(25-33)39(44)45)40(46)51-31-16-11-28(12-17-31)41(2,3)29-13-18-32(19-14-29)52-50-26-27-10-15-34(24-36(27)38(42)43)49-23-22-48-30-8-6-5-7-9-30;7-6-4-2-1-3-5-6/h1,5-21,24-25H,22-23,26H2,2-3H3,(H,42,43)(H,44,45);1-5,7H. The number of para-hydroxylation sites is 2. The lowest BCUT2D eigenvalue weighted by Gasteiger charge is -2.26. The SMILES string of the molecule is C#COc1ccc(C(=O)Oc2ccc(C(C)(C)c3ccc(OOCc4ccc(OCCOc5ccccc5)cc4C(=O)O)cc3)cc2)c(C(=O)O)c1.Oc1ccccc1. The second-order valence-corrected chi connectivity index (χ2v) is 13.1. The third-order valence-electron chi connectivity index (χ3n) is 8.78.